The normalized spacial score (nSPS) is 20.0. The zero-order chi connectivity index (χ0) is 29.3. The molecule has 0 spiro atoms. The Morgan fingerprint density at radius 2 is 1.72 bits per heavy atom. The minimum absolute atomic E-state index is 0.0813. The average Bonchev–Trinajstić information content (AvgIpc) is 3.14. The number of carboxylic acids is 1. The van der Waals surface area contributed by atoms with Gasteiger partial charge in [-0.05, 0) is 33.6 Å². The molecule has 0 aromatic heterocycles. The number of rotatable bonds is 13. The molecular weight excluding hydrogens is 514 g/mol. The molecule has 0 aliphatic carbocycles. The van der Waals surface area contributed by atoms with Crippen LogP contribution in [0.15, 0.2) is 4.99 Å². The van der Waals surface area contributed by atoms with Crippen molar-refractivity contribution >= 4 is 41.6 Å². The molecule has 6 amide bonds. The summed E-state index contributed by atoms with van der Waals surface area (Å²) in [7, 11) is 0. The van der Waals surface area contributed by atoms with Crippen LogP contribution in [0, 0.1) is 0 Å². The van der Waals surface area contributed by atoms with Crippen molar-refractivity contribution in [2.45, 2.75) is 64.2 Å². The molecule has 2 heterocycles. The van der Waals surface area contributed by atoms with Gasteiger partial charge in [0.15, 0.2) is 5.96 Å². The number of carboxylic acid groups (broad SMARTS) is 1. The zero-order valence-electron chi connectivity index (χ0n) is 22.5. The SMILES string of the molecule is CC(C(=O)N[C@@H](CCCN=C(N)N)C(=O)NCCC(=O)O)N1CCN(C(=O)C(C)N2C(=O)N[C@@H](C)C2=O)CC1. The summed E-state index contributed by atoms with van der Waals surface area (Å²) in [6.07, 6.45) is 0.378. The predicted molar refractivity (Wildman–Crippen MR) is 139 cm³/mol. The summed E-state index contributed by atoms with van der Waals surface area (Å²) < 4.78 is 0. The third-order valence-electron chi connectivity index (χ3n) is 6.68. The first-order valence-corrected chi connectivity index (χ1v) is 12.8. The number of guanidine groups is 1. The lowest BCUT2D eigenvalue weighted by Crippen LogP contribution is -2.59. The summed E-state index contributed by atoms with van der Waals surface area (Å²) in [6.45, 7) is 6.23. The number of hydrogen-bond donors (Lipinski definition) is 6. The maximum Gasteiger partial charge on any atom is 0.325 e. The Labute approximate surface area is 226 Å². The number of carbonyl (C=O) groups is 6. The zero-order valence-corrected chi connectivity index (χ0v) is 22.5. The lowest BCUT2D eigenvalue weighted by molar-refractivity contribution is -0.143. The Bertz CT molecular complexity index is 977. The number of aliphatic carboxylic acids is 1. The molecule has 2 aliphatic rings. The van der Waals surface area contributed by atoms with E-state index in [2.05, 4.69) is 20.9 Å². The van der Waals surface area contributed by atoms with Crippen LogP contribution in [0.3, 0.4) is 0 Å². The van der Waals surface area contributed by atoms with Crippen molar-refractivity contribution < 1.29 is 33.9 Å². The van der Waals surface area contributed by atoms with E-state index in [1.54, 1.807) is 18.7 Å². The van der Waals surface area contributed by atoms with Crippen molar-refractivity contribution in [1.82, 2.24) is 30.7 Å². The first kappa shape index (κ1) is 31.3. The highest BCUT2D eigenvalue weighted by Crippen LogP contribution is 2.15. The number of nitrogens with two attached hydrogens (primary N) is 2. The van der Waals surface area contributed by atoms with Gasteiger partial charge in [-0.3, -0.25) is 38.8 Å². The van der Waals surface area contributed by atoms with Gasteiger partial charge in [0.25, 0.3) is 5.91 Å². The number of piperazine rings is 1. The number of carbonyl (C=O) groups excluding carboxylic acids is 5. The Morgan fingerprint density at radius 3 is 2.26 bits per heavy atom. The van der Waals surface area contributed by atoms with Gasteiger partial charge in [0.1, 0.15) is 18.1 Å². The van der Waals surface area contributed by atoms with Crippen molar-refractivity contribution in [3.8, 4) is 0 Å². The molecule has 0 aromatic rings. The van der Waals surface area contributed by atoms with Crippen molar-refractivity contribution in [2.24, 2.45) is 16.5 Å². The molecule has 2 aliphatic heterocycles. The Balaban J connectivity index is 1.92. The second kappa shape index (κ2) is 14.3. The monoisotopic (exact) mass is 553 g/mol. The summed E-state index contributed by atoms with van der Waals surface area (Å²) in [5.41, 5.74) is 10.6. The minimum atomic E-state index is -1.06. The van der Waals surface area contributed by atoms with Crippen LogP contribution < -0.4 is 27.4 Å². The van der Waals surface area contributed by atoms with Crippen LogP contribution >= 0.6 is 0 Å². The predicted octanol–water partition coefficient (Wildman–Crippen LogP) is -3.02. The Morgan fingerprint density at radius 1 is 1.08 bits per heavy atom. The quantitative estimate of drug-likeness (QED) is 0.0584. The Hall–Kier alpha value is -3.95. The van der Waals surface area contributed by atoms with E-state index >= 15 is 0 Å². The first-order valence-electron chi connectivity index (χ1n) is 12.8. The van der Waals surface area contributed by atoms with E-state index in [4.69, 9.17) is 16.6 Å². The van der Waals surface area contributed by atoms with Gasteiger partial charge in [0.05, 0.1) is 12.5 Å². The third kappa shape index (κ3) is 8.80. The van der Waals surface area contributed by atoms with Gasteiger partial charge < -0.3 is 37.4 Å². The average molecular weight is 554 g/mol. The first-order chi connectivity index (χ1) is 18.3. The van der Waals surface area contributed by atoms with Gasteiger partial charge in [0.2, 0.25) is 17.7 Å². The van der Waals surface area contributed by atoms with E-state index in [0.717, 1.165) is 4.90 Å². The standard InChI is InChI=1S/C23H39N9O7/c1-13-20(37)32(23(39)28-13)15(3)21(38)31-11-9-30(10-12-31)14(2)18(35)29-16(5-4-7-27-22(24)25)19(36)26-8-6-17(33)34/h13-16H,4-12H2,1-3H3,(H,26,36)(H,28,39)(H,29,35)(H,33,34)(H4,24,25,27)/t13-,14?,15?,16-/m0/s1. The molecule has 0 radical (unpaired) electrons. The van der Waals surface area contributed by atoms with E-state index in [1.165, 1.54) is 6.92 Å². The van der Waals surface area contributed by atoms with Crippen LogP contribution in [0.4, 0.5) is 4.79 Å². The highest BCUT2D eigenvalue weighted by atomic mass is 16.4. The maximum atomic E-state index is 13.0. The molecule has 16 nitrogen and oxygen atoms in total. The van der Waals surface area contributed by atoms with Gasteiger partial charge in [-0.2, -0.15) is 0 Å². The number of nitrogens with one attached hydrogen (secondary N) is 3. The highest BCUT2D eigenvalue weighted by Gasteiger charge is 2.42. The molecule has 0 saturated carbocycles. The Kier molecular flexibility index (Phi) is 11.4. The summed E-state index contributed by atoms with van der Waals surface area (Å²) in [6, 6.07) is -3.78. The van der Waals surface area contributed by atoms with Gasteiger partial charge in [-0.25, -0.2) is 4.79 Å². The van der Waals surface area contributed by atoms with E-state index in [9.17, 15) is 28.8 Å². The fourth-order valence-electron chi connectivity index (χ4n) is 4.34. The molecule has 2 saturated heterocycles. The van der Waals surface area contributed by atoms with Crippen LogP contribution in [0.5, 0.6) is 0 Å². The summed E-state index contributed by atoms with van der Waals surface area (Å²) >= 11 is 0. The van der Waals surface area contributed by atoms with Crippen LogP contribution in [-0.4, -0.2) is 125 Å². The van der Waals surface area contributed by atoms with E-state index in [1.807, 2.05) is 4.90 Å². The molecule has 0 aromatic carbocycles. The minimum Gasteiger partial charge on any atom is -0.481 e. The number of imide groups is 1. The summed E-state index contributed by atoms with van der Waals surface area (Å²) in [5, 5.41) is 16.5. The largest absolute Gasteiger partial charge is 0.481 e. The smallest absolute Gasteiger partial charge is 0.325 e. The third-order valence-corrected chi connectivity index (χ3v) is 6.68. The van der Waals surface area contributed by atoms with Crippen molar-refractivity contribution in [2.75, 3.05) is 39.3 Å². The van der Waals surface area contributed by atoms with E-state index in [0.29, 0.717) is 19.5 Å². The van der Waals surface area contributed by atoms with Gasteiger partial charge in [-0.15, -0.1) is 0 Å². The molecule has 2 fully saturated rings. The highest BCUT2D eigenvalue weighted by molar-refractivity contribution is 6.07. The van der Waals surface area contributed by atoms with Crippen LogP contribution in [0.2, 0.25) is 0 Å². The lowest BCUT2D eigenvalue weighted by atomic mass is 10.1. The maximum absolute atomic E-state index is 13.0. The molecule has 2 unspecified atom stereocenters. The molecule has 0 bridgehead atoms. The molecule has 39 heavy (non-hydrogen) atoms. The molecule has 2 rings (SSSR count). The molecule has 8 N–H and O–H groups in total. The molecule has 218 valence electrons. The number of amides is 6. The van der Waals surface area contributed by atoms with Crippen LogP contribution in [-0.2, 0) is 24.0 Å². The topological polar surface area (TPSA) is 233 Å². The van der Waals surface area contributed by atoms with Gasteiger partial charge >= 0.3 is 12.0 Å². The second-order valence-electron chi connectivity index (χ2n) is 9.54. The summed E-state index contributed by atoms with van der Waals surface area (Å²) in [5.74, 6) is -2.88. The number of hydrogen-bond acceptors (Lipinski definition) is 8. The molecular formula is C23H39N9O7. The molecule has 16 heteroatoms. The summed E-state index contributed by atoms with van der Waals surface area (Å²) in [4.78, 5) is 81.9. The fourth-order valence-corrected chi connectivity index (χ4v) is 4.34. The van der Waals surface area contributed by atoms with Crippen LogP contribution in [0.1, 0.15) is 40.0 Å². The number of aliphatic imine (C=N–C) groups is 1. The van der Waals surface area contributed by atoms with E-state index in [-0.39, 0.29) is 50.9 Å². The second-order valence-corrected chi connectivity index (χ2v) is 9.54. The number of nitrogens with zero attached hydrogens (tertiary/aromatic N) is 4. The van der Waals surface area contributed by atoms with Gasteiger partial charge in [0, 0.05) is 39.3 Å². The van der Waals surface area contributed by atoms with Crippen molar-refractivity contribution in [1.29, 1.82) is 0 Å². The fraction of sp³-hybridized carbons (Fsp3) is 0.696. The van der Waals surface area contributed by atoms with Gasteiger partial charge in [-0.1, -0.05) is 0 Å². The van der Waals surface area contributed by atoms with E-state index < -0.39 is 53.9 Å². The van der Waals surface area contributed by atoms with Crippen molar-refractivity contribution in [3.63, 3.8) is 0 Å². The van der Waals surface area contributed by atoms with Crippen LogP contribution in [0.25, 0.3) is 0 Å². The van der Waals surface area contributed by atoms with Crippen molar-refractivity contribution in [3.05, 3.63) is 0 Å². The molecule has 4 atom stereocenters. The number of urea groups is 1. The lowest BCUT2D eigenvalue weighted by Gasteiger charge is -2.39.